The van der Waals surface area contributed by atoms with Crippen molar-refractivity contribution >= 4 is 27.7 Å². The van der Waals surface area contributed by atoms with Crippen LogP contribution in [0.3, 0.4) is 0 Å². The molecule has 0 atom stereocenters. The van der Waals surface area contributed by atoms with Gasteiger partial charge in [-0.3, -0.25) is 9.59 Å². The molecular formula is C17H19N3O2. The first-order valence-electron chi connectivity index (χ1n) is 7.48. The van der Waals surface area contributed by atoms with Gasteiger partial charge in [-0.2, -0.15) is 0 Å². The van der Waals surface area contributed by atoms with E-state index < -0.39 is 0 Å². The second-order valence-corrected chi connectivity index (χ2v) is 5.33. The summed E-state index contributed by atoms with van der Waals surface area (Å²) in [5, 5.41) is 1.50. The SMILES string of the molecule is CCN(CC)C(=O)c1cc2c(=O)[nH]c3ccccc3c2n1C. The Morgan fingerprint density at radius 2 is 1.86 bits per heavy atom. The van der Waals surface area contributed by atoms with Gasteiger partial charge >= 0.3 is 0 Å². The van der Waals surface area contributed by atoms with Crippen molar-refractivity contribution in [3.63, 3.8) is 0 Å². The number of hydrogen-bond donors (Lipinski definition) is 1. The van der Waals surface area contributed by atoms with Gasteiger partial charge < -0.3 is 14.5 Å². The molecule has 0 fully saturated rings. The second-order valence-electron chi connectivity index (χ2n) is 5.33. The van der Waals surface area contributed by atoms with Crippen LogP contribution in [0.25, 0.3) is 21.8 Å². The maximum absolute atomic E-state index is 12.6. The number of para-hydroxylation sites is 1. The van der Waals surface area contributed by atoms with E-state index >= 15 is 0 Å². The molecule has 0 saturated heterocycles. The molecule has 1 aromatic carbocycles. The van der Waals surface area contributed by atoms with Gasteiger partial charge in [0, 0.05) is 25.5 Å². The third-order valence-corrected chi connectivity index (χ3v) is 4.18. The number of nitrogens with zero attached hydrogens (tertiary/aromatic N) is 2. The van der Waals surface area contributed by atoms with Crippen molar-refractivity contribution in [1.29, 1.82) is 0 Å². The van der Waals surface area contributed by atoms with Gasteiger partial charge in [0.2, 0.25) is 0 Å². The molecular weight excluding hydrogens is 278 g/mol. The van der Waals surface area contributed by atoms with E-state index in [4.69, 9.17) is 0 Å². The molecule has 1 N–H and O–H groups in total. The van der Waals surface area contributed by atoms with Crippen molar-refractivity contribution < 1.29 is 4.79 Å². The number of benzene rings is 1. The van der Waals surface area contributed by atoms with Crippen molar-refractivity contribution in [2.24, 2.45) is 7.05 Å². The van der Waals surface area contributed by atoms with E-state index in [1.165, 1.54) is 0 Å². The number of aryl methyl sites for hydroxylation is 1. The monoisotopic (exact) mass is 297 g/mol. The lowest BCUT2D eigenvalue weighted by atomic mass is 10.1. The van der Waals surface area contributed by atoms with Crippen LogP contribution in [0.1, 0.15) is 24.3 Å². The molecule has 5 nitrogen and oxygen atoms in total. The summed E-state index contributed by atoms with van der Waals surface area (Å²) >= 11 is 0. The number of rotatable bonds is 3. The van der Waals surface area contributed by atoms with Crippen LogP contribution in [0.5, 0.6) is 0 Å². The fourth-order valence-corrected chi connectivity index (χ4v) is 2.97. The largest absolute Gasteiger partial charge is 0.339 e. The average molecular weight is 297 g/mol. The van der Waals surface area contributed by atoms with Gasteiger partial charge in [0.15, 0.2) is 0 Å². The molecule has 22 heavy (non-hydrogen) atoms. The summed E-state index contributed by atoms with van der Waals surface area (Å²) < 4.78 is 1.83. The van der Waals surface area contributed by atoms with E-state index in [9.17, 15) is 9.59 Å². The van der Waals surface area contributed by atoms with Gasteiger partial charge in [0.05, 0.1) is 16.4 Å². The summed E-state index contributed by atoms with van der Waals surface area (Å²) in [6.45, 7) is 5.19. The Kier molecular flexibility index (Phi) is 3.48. The van der Waals surface area contributed by atoms with E-state index in [2.05, 4.69) is 4.98 Å². The summed E-state index contributed by atoms with van der Waals surface area (Å²) in [5.41, 5.74) is 1.96. The zero-order valence-corrected chi connectivity index (χ0v) is 13.0. The first-order chi connectivity index (χ1) is 10.6. The molecule has 0 saturated carbocycles. The van der Waals surface area contributed by atoms with Crippen molar-refractivity contribution in [2.45, 2.75) is 13.8 Å². The van der Waals surface area contributed by atoms with Crippen molar-refractivity contribution in [1.82, 2.24) is 14.5 Å². The maximum atomic E-state index is 12.6. The first-order valence-corrected chi connectivity index (χ1v) is 7.48. The Hall–Kier alpha value is -2.56. The van der Waals surface area contributed by atoms with Crippen LogP contribution in [0, 0.1) is 0 Å². The zero-order chi connectivity index (χ0) is 15.9. The number of carbonyl (C=O) groups is 1. The lowest BCUT2D eigenvalue weighted by Crippen LogP contribution is -2.31. The molecule has 114 valence electrons. The molecule has 0 aliphatic rings. The number of aromatic nitrogens is 2. The van der Waals surface area contributed by atoms with Crippen LogP contribution in [0.4, 0.5) is 0 Å². The minimum absolute atomic E-state index is 0.0489. The van der Waals surface area contributed by atoms with Crippen LogP contribution in [-0.2, 0) is 7.05 Å². The molecule has 2 aromatic heterocycles. The normalized spacial score (nSPS) is 11.2. The molecule has 3 aromatic rings. The molecule has 0 unspecified atom stereocenters. The van der Waals surface area contributed by atoms with Crippen molar-refractivity contribution in [3.05, 3.63) is 46.4 Å². The summed E-state index contributed by atoms with van der Waals surface area (Å²) in [7, 11) is 1.84. The van der Waals surface area contributed by atoms with Gasteiger partial charge in [0.1, 0.15) is 5.69 Å². The number of hydrogen-bond acceptors (Lipinski definition) is 2. The third-order valence-electron chi connectivity index (χ3n) is 4.18. The maximum Gasteiger partial charge on any atom is 0.270 e. The number of carbonyl (C=O) groups excluding carboxylic acids is 1. The summed E-state index contributed by atoms with van der Waals surface area (Å²) in [5.74, 6) is -0.0489. The molecule has 5 heteroatoms. The summed E-state index contributed by atoms with van der Waals surface area (Å²) in [6.07, 6.45) is 0. The highest BCUT2D eigenvalue weighted by molar-refractivity contribution is 6.07. The Bertz CT molecular complexity index is 917. The summed E-state index contributed by atoms with van der Waals surface area (Å²) in [4.78, 5) is 29.6. The van der Waals surface area contributed by atoms with E-state index in [-0.39, 0.29) is 11.5 Å². The zero-order valence-electron chi connectivity index (χ0n) is 13.0. The highest BCUT2D eigenvalue weighted by Gasteiger charge is 2.20. The fraction of sp³-hybridized carbons (Fsp3) is 0.294. The lowest BCUT2D eigenvalue weighted by molar-refractivity contribution is 0.0764. The fourth-order valence-electron chi connectivity index (χ4n) is 2.97. The lowest BCUT2D eigenvalue weighted by Gasteiger charge is -2.18. The van der Waals surface area contributed by atoms with E-state index in [0.29, 0.717) is 24.2 Å². The van der Waals surface area contributed by atoms with Gasteiger partial charge in [-0.15, -0.1) is 0 Å². The van der Waals surface area contributed by atoms with Crippen LogP contribution >= 0.6 is 0 Å². The smallest absolute Gasteiger partial charge is 0.270 e. The number of amides is 1. The van der Waals surface area contributed by atoms with Crippen LogP contribution in [0.15, 0.2) is 35.1 Å². The molecule has 3 rings (SSSR count). The molecule has 2 heterocycles. The van der Waals surface area contributed by atoms with Gasteiger partial charge in [-0.25, -0.2) is 0 Å². The predicted octanol–water partition coefficient (Wildman–Crippen LogP) is 2.50. The number of nitrogens with one attached hydrogen (secondary N) is 1. The van der Waals surface area contributed by atoms with E-state index in [1.807, 2.05) is 49.7 Å². The molecule has 1 amide bonds. The van der Waals surface area contributed by atoms with Gasteiger partial charge in [-0.1, -0.05) is 18.2 Å². The van der Waals surface area contributed by atoms with Crippen LogP contribution < -0.4 is 5.56 Å². The Morgan fingerprint density at radius 3 is 2.55 bits per heavy atom. The highest BCUT2D eigenvalue weighted by atomic mass is 16.2. The van der Waals surface area contributed by atoms with Gasteiger partial charge in [-0.05, 0) is 26.0 Å². The Balaban J connectivity index is 2.34. The molecule has 0 radical (unpaired) electrons. The predicted molar refractivity (Wildman–Crippen MR) is 88.3 cm³/mol. The van der Waals surface area contributed by atoms with E-state index in [0.717, 1.165) is 16.4 Å². The van der Waals surface area contributed by atoms with Crippen LogP contribution in [0.2, 0.25) is 0 Å². The second kappa shape index (κ2) is 5.33. The minimum atomic E-state index is -0.164. The number of H-pyrrole nitrogens is 1. The first kappa shape index (κ1) is 14.4. The Morgan fingerprint density at radius 1 is 1.18 bits per heavy atom. The molecule has 0 bridgehead atoms. The minimum Gasteiger partial charge on any atom is -0.339 e. The molecule has 0 spiro atoms. The quantitative estimate of drug-likeness (QED) is 0.807. The number of fused-ring (bicyclic) bond motifs is 3. The van der Waals surface area contributed by atoms with Crippen molar-refractivity contribution in [3.8, 4) is 0 Å². The standard InChI is InChI=1S/C17H19N3O2/c1-4-20(5-2)17(22)14-10-12-15(19(14)3)11-8-6-7-9-13(11)18-16(12)21/h6-10H,4-5H2,1-3H3,(H,18,21). The van der Waals surface area contributed by atoms with Gasteiger partial charge in [0.25, 0.3) is 11.5 Å². The Labute approximate surface area is 128 Å². The average Bonchev–Trinajstić information content (AvgIpc) is 2.87. The third kappa shape index (κ3) is 2.01. The van der Waals surface area contributed by atoms with E-state index in [1.54, 1.807) is 11.0 Å². The highest BCUT2D eigenvalue weighted by Crippen LogP contribution is 2.24. The number of aromatic amines is 1. The number of pyridine rings is 1. The van der Waals surface area contributed by atoms with Crippen molar-refractivity contribution in [2.75, 3.05) is 13.1 Å². The molecule has 0 aliphatic heterocycles. The summed E-state index contributed by atoms with van der Waals surface area (Å²) in [6, 6.07) is 9.34. The van der Waals surface area contributed by atoms with Crippen LogP contribution in [-0.4, -0.2) is 33.4 Å². The molecule has 0 aliphatic carbocycles. The topological polar surface area (TPSA) is 58.1 Å².